The normalized spacial score (nSPS) is 17.3. The summed E-state index contributed by atoms with van der Waals surface area (Å²) in [6.07, 6.45) is -3.65. The van der Waals surface area contributed by atoms with Crippen molar-refractivity contribution < 1.29 is 37.1 Å². The molecule has 2 aromatic carbocycles. The molecule has 0 aliphatic heterocycles. The van der Waals surface area contributed by atoms with E-state index in [4.69, 9.17) is 0 Å². The molecule has 6 N–H and O–H groups in total. The number of carbonyl (C=O) groups is 3. The number of para-hydroxylation sites is 1. The maximum atomic E-state index is 14.3. The Hall–Kier alpha value is -4.39. The number of amides is 3. The van der Waals surface area contributed by atoms with Crippen LogP contribution in [0.2, 0.25) is 0 Å². The first-order valence-corrected chi connectivity index (χ1v) is 15.6. The van der Waals surface area contributed by atoms with Crippen molar-refractivity contribution >= 4 is 28.6 Å². The molecule has 1 aliphatic rings. The summed E-state index contributed by atoms with van der Waals surface area (Å²) in [5.41, 5.74) is -0.808. The highest BCUT2D eigenvalue weighted by Gasteiger charge is 2.45. The summed E-state index contributed by atoms with van der Waals surface area (Å²) < 4.78 is 55.6. The number of nitrogens with one attached hydrogen (secondary N) is 5. The van der Waals surface area contributed by atoms with Gasteiger partial charge in [-0.1, -0.05) is 57.2 Å². The van der Waals surface area contributed by atoms with Crippen molar-refractivity contribution in [2.24, 2.45) is 5.92 Å². The molecule has 254 valence electrons. The van der Waals surface area contributed by atoms with Gasteiger partial charge in [0.25, 0.3) is 0 Å². The number of hydrogen-bond donors (Lipinski definition) is 6. The molecular formula is C34H41F4N5O4. The second-order valence-corrected chi connectivity index (χ2v) is 12.0. The highest BCUT2D eigenvalue weighted by Crippen LogP contribution is 2.40. The van der Waals surface area contributed by atoms with E-state index in [0.29, 0.717) is 41.7 Å². The van der Waals surface area contributed by atoms with Gasteiger partial charge in [-0.3, -0.25) is 14.4 Å². The van der Waals surface area contributed by atoms with E-state index in [1.165, 1.54) is 24.3 Å². The fourth-order valence-corrected chi connectivity index (χ4v) is 5.96. The molecule has 9 nitrogen and oxygen atoms in total. The SMILES string of the molecule is C=C(NCCCO)[C@@H](NC(=O)[C@@]1(NC(=O)CNC(=O)Cc2ccccc2F)CCc2[nH]c3c(C(F)(F)F)cccc3c2C1)C(C)CC. The number of aryl methyl sites for hydroxylation is 1. The molecule has 0 bridgehead atoms. The van der Waals surface area contributed by atoms with Crippen molar-refractivity contribution in [3.05, 3.63) is 82.9 Å². The molecule has 47 heavy (non-hydrogen) atoms. The van der Waals surface area contributed by atoms with Gasteiger partial charge < -0.3 is 31.4 Å². The summed E-state index contributed by atoms with van der Waals surface area (Å²) in [7, 11) is 0. The van der Waals surface area contributed by atoms with Crippen LogP contribution >= 0.6 is 0 Å². The average Bonchev–Trinajstić information content (AvgIpc) is 3.40. The molecule has 0 fully saturated rings. The van der Waals surface area contributed by atoms with Gasteiger partial charge in [0, 0.05) is 36.3 Å². The predicted octanol–water partition coefficient (Wildman–Crippen LogP) is 4.05. The third kappa shape index (κ3) is 8.31. The van der Waals surface area contributed by atoms with Crippen molar-refractivity contribution in [2.45, 2.75) is 70.1 Å². The Morgan fingerprint density at radius 3 is 2.51 bits per heavy atom. The second kappa shape index (κ2) is 15.0. The van der Waals surface area contributed by atoms with E-state index < -0.39 is 53.4 Å². The molecule has 3 aromatic rings. The number of aromatic nitrogens is 1. The number of aromatic amines is 1. The first-order valence-electron chi connectivity index (χ1n) is 15.6. The van der Waals surface area contributed by atoms with Crippen LogP contribution in [0.4, 0.5) is 17.6 Å². The van der Waals surface area contributed by atoms with E-state index in [1.54, 1.807) is 12.1 Å². The highest BCUT2D eigenvalue weighted by molar-refractivity contribution is 5.96. The van der Waals surface area contributed by atoms with Crippen LogP contribution < -0.4 is 21.3 Å². The number of carbonyl (C=O) groups excluding carboxylic acids is 3. The Bertz CT molecular complexity index is 1620. The molecule has 0 saturated heterocycles. The largest absolute Gasteiger partial charge is 0.418 e. The van der Waals surface area contributed by atoms with E-state index in [9.17, 15) is 37.1 Å². The zero-order chi connectivity index (χ0) is 34.4. The van der Waals surface area contributed by atoms with Crippen molar-refractivity contribution in [3.8, 4) is 0 Å². The number of benzene rings is 2. The van der Waals surface area contributed by atoms with E-state index >= 15 is 0 Å². The van der Waals surface area contributed by atoms with Crippen LogP contribution in [-0.4, -0.2) is 59.1 Å². The minimum atomic E-state index is -4.61. The average molecular weight is 660 g/mol. The maximum absolute atomic E-state index is 14.3. The number of hydrogen-bond acceptors (Lipinski definition) is 5. The number of alkyl halides is 3. The lowest BCUT2D eigenvalue weighted by Crippen LogP contribution is -2.64. The van der Waals surface area contributed by atoms with E-state index in [2.05, 4.69) is 32.8 Å². The van der Waals surface area contributed by atoms with E-state index in [-0.39, 0.29) is 49.3 Å². The van der Waals surface area contributed by atoms with Crippen LogP contribution in [0.5, 0.6) is 0 Å². The molecule has 1 aromatic heterocycles. The molecule has 1 unspecified atom stereocenters. The first kappa shape index (κ1) is 35.5. The van der Waals surface area contributed by atoms with Gasteiger partial charge in [0.05, 0.1) is 30.1 Å². The van der Waals surface area contributed by atoms with Gasteiger partial charge in [0.1, 0.15) is 11.4 Å². The van der Waals surface area contributed by atoms with Crippen LogP contribution in [0.1, 0.15) is 55.5 Å². The summed E-state index contributed by atoms with van der Waals surface area (Å²) in [4.78, 5) is 43.1. The molecule has 3 atom stereocenters. The number of fused-ring (bicyclic) bond motifs is 3. The van der Waals surface area contributed by atoms with Gasteiger partial charge in [-0.05, 0) is 48.4 Å². The Labute approximate surface area is 270 Å². The van der Waals surface area contributed by atoms with Crippen LogP contribution in [0.3, 0.4) is 0 Å². The number of aliphatic hydroxyl groups excluding tert-OH is 1. The Balaban J connectivity index is 1.62. The van der Waals surface area contributed by atoms with Gasteiger partial charge in [-0.15, -0.1) is 0 Å². The van der Waals surface area contributed by atoms with E-state index in [1.807, 2.05) is 13.8 Å². The lowest BCUT2D eigenvalue weighted by Gasteiger charge is -2.39. The predicted molar refractivity (Wildman–Crippen MR) is 170 cm³/mol. The Morgan fingerprint density at radius 1 is 1.09 bits per heavy atom. The van der Waals surface area contributed by atoms with Gasteiger partial charge in [0.15, 0.2) is 0 Å². The molecule has 0 saturated carbocycles. The lowest BCUT2D eigenvalue weighted by atomic mass is 9.78. The summed E-state index contributed by atoms with van der Waals surface area (Å²) in [5, 5.41) is 20.9. The summed E-state index contributed by atoms with van der Waals surface area (Å²) in [6, 6.07) is 9.04. The Kier molecular flexibility index (Phi) is 11.3. The van der Waals surface area contributed by atoms with Gasteiger partial charge >= 0.3 is 6.18 Å². The second-order valence-electron chi connectivity index (χ2n) is 12.0. The van der Waals surface area contributed by atoms with Crippen LogP contribution in [0.25, 0.3) is 10.9 Å². The Morgan fingerprint density at radius 2 is 1.83 bits per heavy atom. The number of H-pyrrole nitrogens is 1. The minimum Gasteiger partial charge on any atom is -0.396 e. The van der Waals surface area contributed by atoms with Crippen LogP contribution in [0, 0.1) is 11.7 Å². The first-order chi connectivity index (χ1) is 22.3. The van der Waals surface area contributed by atoms with Crippen molar-refractivity contribution in [1.82, 2.24) is 26.3 Å². The summed E-state index contributed by atoms with van der Waals surface area (Å²) in [5.74, 6) is -2.49. The number of aliphatic hydroxyl groups is 1. The molecule has 4 rings (SSSR count). The van der Waals surface area contributed by atoms with Gasteiger partial charge in [0.2, 0.25) is 17.7 Å². The fraction of sp³-hybridized carbons (Fsp3) is 0.441. The smallest absolute Gasteiger partial charge is 0.396 e. The topological polar surface area (TPSA) is 135 Å². The zero-order valence-electron chi connectivity index (χ0n) is 26.5. The molecule has 3 amide bonds. The number of rotatable bonds is 14. The van der Waals surface area contributed by atoms with Gasteiger partial charge in [-0.2, -0.15) is 13.2 Å². The third-order valence-corrected chi connectivity index (χ3v) is 8.75. The van der Waals surface area contributed by atoms with E-state index in [0.717, 1.165) is 6.07 Å². The van der Waals surface area contributed by atoms with Crippen molar-refractivity contribution in [2.75, 3.05) is 19.7 Å². The summed E-state index contributed by atoms with van der Waals surface area (Å²) in [6.45, 7) is 7.85. The molecular weight excluding hydrogens is 618 g/mol. The van der Waals surface area contributed by atoms with Crippen molar-refractivity contribution in [1.29, 1.82) is 0 Å². The molecule has 0 radical (unpaired) electrons. The quantitative estimate of drug-likeness (QED) is 0.115. The lowest BCUT2D eigenvalue weighted by molar-refractivity contribution is -0.136. The van der Waals surface area contributed by atoms with Crippen LogP contribution in [0.15, 0.2) is 54.7 Å². The fourth-order valence-electron chi connectivity index (χ4n) is 5.96. The third-order valence-electron chi connectivity index (χ3n) is 8.75. The van der Waals surface area contributed by atoms with Crippen molar-refractivity contribution in [3.63, 3.8) is 0 Å². The standard InChI is InChI=1S/C34H41F4N5O4/c1-4-20(2)30(21(3)39-15-8-16-44)42-32(47)33(43-29(46)19-40-28(45)17-22-9-5-6-12-26(22)35)14-13-27-24(18-33)23-10-7-11-25(31(23)41-27)34(36,37)38/h5-7,9-12,20,30,39,41,44H,3-4,8,13-19H2,1-2H3,(H,40,45)(H,42,47)(H,43,46)/t20?,30-,33+/m0/s1. The highest BCUT2D eigenvalue weighted by atomic mass is 19.4. The maximum Gasteiger partial charge on any atom is 0.418 e. The molecule has 1 heterocycles. The molecule has 0 spiro atoms. The minimum absolute atomic E-state index is 0.0321. The summed E-state index contributed by atoms with van der Waals surface area (Å²) >= 11 is 0. The number of halogens is 4. The molecule has 13 heteroatoms. The molecule has 1 aliphatic carbocycles. The monoisotopic (exact) mass is 659 g/mol. The van der Waals surface area contributed by atoms with Gasteiger partial charge in [-0.25, -0.2) is 4.39 Å². The zero-order valence-corrected chi connectivity index (χ0v) is 26.5. The van der Waals surface area contributed by atoms with Crippen LogP contribution in [-0.2, 0) is 39.8 Å².